The Morgan fingerprint density at radius 2 is 2.17 bits per heavy atom. The Morgan fingerprint density at radius 3 is 2.78 bits per heavy atom. The van der Waals surface area contributed by atoms with E-state index in [1.165, 1.54) is 0 Å². The summed E-state index contributed by atoms with van der Waals surface area (Å²) in [6, 6.07) is 5.62. The van der Waals surface area contributed by atoms with E-state index in [-0.39, 0.29) is 5.97 Å². The van der Waals surface area contributed by atoms with E-state index in [9.17, 15) is 4.79 Å². The van der Waals surface area contributed by atoms with E-state index in [4.69, 9.17) is 4.74 Å². The van der Waals surface area contributed by atoms with Gasteiger partial charge in [0.1, 0.15) is 0 Å². The molecule has 0 radical (unpaired) electrons. The maximum Gasteiger partial charge on any atom is 0.338 e. The van der Waals surface area contributed by atoms with Gasteiger partial charge in [0.15, 0.2) is 0 Å². The van der Waals surface area contributed by atoms with Gasteiger partial charge in [-0.2, -0.15) is 0 Å². The van der Waals surface area contributed by atoms with Gasteiger partial charge in [-0.25, -0.2) is 4.79 Å². The van der Waals surface area contributed by atoms with Gasteiger partial charge in [-0.1, -0.05) is 0 Å². The van der Waals surface area contributed by atoms with Crippen molar-refractivity contribution in [1.29, 1.82) is 0 Å². The lowest BCUT2D eigenvalue weighted by Gasteiger charge is -2.30. The number of benzene rings is 1. The van der Waals surface area contributed by atoms with Gasteiger partial charge < -0.3 is 15.0 Å². The summed E-state index contributed by atoms with van der Waals surface area (Å²) in [6.45, 7) is 6.16. The first-order chi connectivity index (χ1) is 8.72. The first-order valence-electron chi connectivity index (χ1n) is 6.14. The third-order valence-corrected chi connectivity index (χ3v) is 3.55. The SMILES string of the molecule is CCOC(=O)c1ccc(N2CCNCC2)c(Br)c1. The summed E-state index contributed by atoms with van der Waals surface area (Å²) in [5, 5.41) is 3.32. The fourth-order valence-electron chi connectivity index (χ4n) is 2.01. The Balaban J connectivity index is 2.16. The fourth-order valence-corrected chi connectivity index (χ4v) is 2.64. The minimum Gasteiger partial charge on any atom is -0.462 e. The Labute approximate surface area is 115 Å². The van der Waals surface area contributed by atoms with Crippen molar-refractivity contribution < 1.29 is 9.53 Å². The third-order valence-electron chi connectivity index (χ3n) is 2.92. The van der Waals surface area contributed by atoms with E-state index in [0.29, 0.717) is 12.2 Å². The molecule has 0 amide bonds. The molecule has 1 aliphatic heterocycles. The van der Waals surface area contributed by atoms with Crippen molar-refractivity contribution in [3.05, 3.63) is 28.2 Å². The zero-order chi connectivity index (χ0) is 13.0. The van der Waals surface area contributed by atoms with Crippen LogP contribution in [0, 0.1) is 0 Å². The van der Waals surface area contributed by atoms with E-state index in [2.05, 4.69) is 26.1 Å². The van der Waals surface area contributed by atoms with Crippen molar-refractivity contribution in [1.82, 2.24) is 5.32 Å². The molecular formula is C13H17BrN2O2. The number of piperazine rings is 1. The molecule has 0 unspecified atom stereocenters. The summed E-state index contributed by atoms with van der Waals surface area (Å²) >= 11 is 3.53. The molecule has 0 aromatic heterocycles. The molecule has 1 heterocycles. The average Bonchev–Trinajstić information content (AvgIpc) is 2.40. The quantitative estimate of drug-likeness (QED) is 0.867. The van der Waals surface area contributed by atoms with Crippen LogP contribution < -0.4 is 10.2 Å². The van der Waals surface area contributed by atoms with Crippen molar-refractivity contribution in [3.8, 4) is 0 Å². The smallest absolute Gasteiger partial charge is 0.338 e. The lowest BCUT2D eigenvalue weighted by Crippen LogP contribution is -2.43. The van der Waals surface area contributed by atoms with Crippen LogP contribution in [0.3, 0.4) is 0 Å². The molecule has 0 bridgehead atoms. The Bertz CT molecular complexity index is 431. The van der Waals surface area contributed by atoms with Gasteiger partial charge >= 0.3 is 5.97 Å². The number of nitrogens with one attached hydrogen (secondary N) is 1. The Hall–Kier alpha value is -1.07. The first-order valence-corrected chi connectivity index (χ1v) is 6.94. The van der Waals surface area contributed by atoms with Crippen molar-refractivity contribution in [2.45, 2.75) is 6.92 Å². The second kappa shape index (κ2) is 6.20. The standard InChI is InChI=1S/C13H17BrN2O2/c1-2-18-13(17)10-3-4-12(11(14)9-10)16-7-5-15-6-8-16/h3-4,9,15H,2,5-8H2,1H3. The van der Waals surface area contributed by atoms with Crippen LogP contribution in [0.25, 0.3) is 0 Å². The molecule has 1 saturated heterocycles. The normalized spacial score (nSPS) is 15.6. The number of hydrogen-bond donors (Lipinski definition) is 1. The zero-order valence-electron chi connectivity index (χ0n) is 10.4. The number of ether oxygens (including phenoxy) is 1. The molecule has 1 fully saturated rings. The van der Waals surface area contributed by atoms with Gasteiger partial charge in [0, 0.05) is 30.7 Å². The van der Waals surface area contributed by atoms with E-state index in [1.807, 2.05) is 25.1 Å². The number of carbonyl (C=O) groups excluding carboxylic acids is 1. The number of hydrogen-bond acceptors (Lipinski definition) is 4. The second-order valence-corrected chi connectivity index (χ2v) is 4.98. The first kappa shape index (κ1) is 13.4. The van der Waals surface area contributed by atoms with Crippen molar-refractivity contribution >= 4 is 27.6 Å². The number of halogens is 1. The molecule has 0 spiro atoms. The lowest BCUT2D eigenvalue weighted by molar-refractivity contribution is 0.0526. The highest BCUT2D eigenvalue weighted by atomic mass is 79.9. The van der Waals surface area contributed by atoms with Gasteiger partial charge in [-0.3, -0.25) is 0 Å². The van der Waals surface area contributed by atoms with Crippen molar-refractivity contribution in [3.63, 3.8) is 0 Å². The molecule has 0 atom stereocenters. The zero-order valence-corrected chi connectivity index (χ0v) is 12.0. The average molecular weight is 313 g/mol. The molecule has 4 nitrogen and oxygen atoms in total. The van der Waals surface area contributed by atoms with Crippen LogP contribution >= 0.6 is 15.9 Å². The van der Waals surface area contributed by atoms with E-state index < -0.39 is 0 Å². The van der Waals surface area contributed by atoms with Gasteiger partial charge in [0.25, 0.3) is 0 Å². The summed E-state index contributed by atoms with van der Waals surface area (Å²) in [4.78, 5) is 13.9. The van der Waals surface area contributed by atoms with Crippen LogP contribution in [-0.2, 0) is 4.74 Å². The van der Waals surface area contributed by atoms with E-state index in [0.717, 1.165) is 36.3 Å². The monoisotopic (exact) mass is 312 g/mol. The molecule has 1 aromatic rings. The molecule has 98 valence electrons. The van der Waals surface area contributed by atoms with Crippen molar-refractivity contribution in [2.24, 2.45) is 0 Å². The highest BCUT2D eigenvalue weighted by molar-refractivity contribution is 9.10. The lowest BCUT2D eigenvalue weighted by atomic mass is 10.2. The van der Waals surface area contributed by atoms with Crippen LogP contribution in [0.15, 0.2) is 22.7 Å². The molecule has 1 aliphatic rings. The number of anilines is 1. The maximum atomic E-state index is 11.6. The number of carbonyl (C=O) groups is 1. The predicted molar refractivity (Wildman–Crippen MR) is 75.2 cm³/mol. The third kappa shape index (κ3) is 3.03. The van der Waals surface area contributed by atoms with Crippen LogP contribution in [0.2, 0.25) is 0 Å². The van der Waals surface area contributed by atoms with Gasteiger partial charge in [-0.15, -0.1) is 0 Å². The molecule has 18 heavy (non-hydrogen) atoms. The summed E-state index contributed by atoms with van der Waals surface area (Å²) in [6.07, 6.45) is 0. The highest BCUT2D eigenvalue weighted by Crippen LogP contribution is 2.27. The van der Waals surface area contributed by atoms with E-state index >= 15 is 0 Å². The minimum absolute atomic E-state index is 0.273. The van der Waals surface area contributed by atoms with Gasteiger partial charge in [0.2, 0.25) is 0 Å². The van der Waals surface area contributed by atoms with Crippen LogP contribution in [0.4, 0.5) is 5.69 Å². The summed E-state index contributed by atoms with van der Waals surface area (Å²) in [7, 11) is 0. The van der Waals surface area contributed by atoms with Crippen LogP contribution in [-0.4, -0.2) is 38.8 Å². The molecule has 0 saturated carbocycles. The maximum absolute atomic E-state index is 11.6. The summed E-state index contributed by atoms with van der Waals surface area (Å²) in [5.74, 6) is -0.273. The highest BCUT2D eigenvalue weighted by Gasteiger charge is 2.15. The Kier molecular flexibility index (Phi) is 4.60. The molecule has 1 aromatic carbocycles. The summed E-state index contributed by atoms with van der Waals surface area (Å²) in [5.41, 5.74) is 1.71. The molecule has 0 aliphatic carbocycles. The fraction of sp³-hybridized carbons (Fsp3) is 0.462. The topological polar surface area (TPSA) is 41.6 Å². The predicted octanol–water partition coefficient (Wildman–Crippen LogP) is 2.04. The summed E-state index contributed by atoms with van der Waals surface area (Å²) < 4.78 is 5.92. The van der Waals surface area contributed by atoms with Crippen LogP contribution in [0.1, 0.15) is 17.3 Å². The molecule has 5 heteroatoms. The van der Waals surface area contributed by atoms with Crippen LogP contribution in [0.5, 0.6) is 0 Å². The number of esters is 1. The van der Waals surface area contributed by atoms with E-state index in [1.54, 1.807) is 0 Å². The molecule has 2 rings (SSSR count). The number of rotatable bonds is 3. The van der Waals surface area contributed by atoms with Gasteiger partial charge in [0.05, 0.1) is 17.9 Å². The largest absolute Gasteiger partial charge is 0.462 e. The second-order valence-electron chi connectivity index (χ2n) is 4.12. The van der Waals surface area contributed by atoms with Gasteiger partial charge in [-0.05, 0) is 41.1 Å². The number of nitrogens with zero attached hydrogens (tertiary/aromatic N) is 1. The Morgan fingerprint density at radius 1 is 1.44 bits per heavy atom. The minimum atomic E-state index is -0.273. The molecule has 1 N–H and O–H groups in total. The molecular weight excluding hydrogens is 296 g/mol. The van der Waals surface area contributed by atoms with Crippen molar-refractivity contribution in [2.75, 3.05) is 37.7 Å².